The van der Waals surface area contributed by atoms with E-state index in [9.17, 15) is 0 Å². The van der Waals surface area contributed by atoms with E-state index in [-0.39, 0.29) is 0 Å². The maximum Gasteiger partial charge on any atom is 0.243 e. The summed E-state index contributed by atoms with van der Waals surface area (Å²) < 4.78 is 0. The zero-order valence-electron chi connectivity index (χ0n) is 13.5. The highest BCUT2D eigenvalue weighted by Gasteiger charge is 2.31. The molecule has 0 amide bonds. The molecule has 1 fully saturated rings. The quantitative estimate of drug-likeness (QED) is 0.545. The van der Waals surface area contributed by atoms with Gasteiger partial charge in [-0.25, -0.2) is 5.84 Å². The number of nitrogens with two attached hydrogens (primary N) is 1. The van der Waals surface area contributed by atoms with Crippen molar-refractivity contribution in [2.24, 2.45) is 11.3 Å². The first-order valence-corrected chi connectivity index (χ1v) is 7.71. The normalized spacial score (nSPS) is 20.3. The molecule has 0 radical (unpaired) electrons. The van der Waals surface area contributed by atoms with E-state index in [0.717, 1.165) is 25.9 Å². The molecule has 1 aliphatic rings. The molecule has 1 atom stereocenters. The maximum atomic E-state index is 5.47. The minimum atomic E-state index is 0.390. The summed E-state index contributed by atoms with van der Waals surface area (Å²) in [6.07, 6.45) is 3.50. The molecule has 0 bridgehead atoms. The minimum absolute atomic E-state index is 0.390. The molecule has 1 heterocycles. The molecule has 21 heavy (non-hydrogen) atoms. The predicted molar refractivity (Wildman–Crippen MR) is 86.2 cm³/mol. The minimum Gasteiger partial charge on any atom is -0.351 e. The van der Waals surface area contributed by atoms with Crippen molar-refractivity contribution < 1.29 is 0 Å². The maximum absolute atomic E-state index is 5.47. The van der Waals surface area contributed by atoms with Gasteiger partial charge in [-0.2, -0.15) is 15.0 Å². The lowest BCUT2D eigenvalue weighted by Gasteiger charge is -2.21. The van der Waals surface area contributed by atoms with Gasteiger partial charge in [-0.15, -0.1) is 0 Å². The second-order valence-corrected chi connectivity index (χ2v) is 6.35. The first-order valence-electron chi connectivity index (χ1n) is 7.71. The van der Waals surface area contributed by atoms with Gasteiger partial charge in [-0.3, -0.25) is 5.43 Å². The van der Waals surface area contributed by atoms with Crippen LogP contribution in [0, 0.1) is 5.41 Å². The Labute approximate surface area is 126 Å². The summed E-state index contributed by atoms with van der Waals surface area (Å²) in [5, 5.41) is 3.43. The second kappa shape index (κ2) is 6.43. The molecule has 1 saturated carbocycles. The van der Waals surface area contributed by atoms with E-state index < -0.39 is 0 Å². The van der Waals surface area contributed by atoms with Crippen molar-refractivity contribution in [1.29, 1.82) is 0 Å². The molecule has 118 valence electrons. The van der Waals surface area contributed by atoms with Crippen molar-refractivity contribution in [3.8, 4) is 0 Å². The number of nitrogen functional groups attached to an aromatic ring is 1. The van der Waals surface area contributed by atoms with E-state index in [0.29, 0.717) is 29.3 Å². The van der Waals surface area contributed by atoms with E-state index in [2.05, 4.69) is 58.3 Å². The fourth-order valence-electron chi connectivity index (χ4n) is 2.88. The van der Waals surface area contributed by atoms with Crippen molar-refractivity contribution in [2.75, 3.05) is 28.7 Å². The summed E-state index contributed by atoms with van der Waals surface area (Å²) in [6.45, 7) is 10.5. The molecule has 0 saturated heterocycles. The highest BCUT2D eigenvalue weighted by atomic mass is 15.4. The van der Waals surface area contributed by atoms with Crippen molar-refractivity contribution in [3.63, 3.8) is 0 Å². The number of nitrogens with one attached hydrogen (secondary N) is 2. The molecule has 1 aromatic heterocycles. The lowest BCUT2D eigenvalue weighted by Crippen LogP contribution is -2.27. The fraction of sp³-hybridized carbons (Fsp3) is 0.786. The Morgan fingerprint density at radius 3 is 2.38 bits per heavy atom. The van der Waals surface area contributed by atoms with Crippen LogP contribution in [0.25, 0.3) is 0 Å². The number of anilines is 3. The number of aromatic nitrogens is 3. The van der Waals surface area contributed by atoms with Crippen LogP contribution >= 0.6 is 0 Å². The number of rotatable bonds is 6. The molecule has 7 nitrogen and oxygen atoms in total. The average Bonchev–Trinajstić information content (AvgIpc) is 2.79. The van der Waals surface area contributed by atoms with Crippen LogP contribution in [0.3, 0.4) is 0 Å². The highest BCUT2D eigenvalue weighted by Crippen LogP contribution is 2.38. The number of hydrogen-bond donors (Lipinski definition) is 3. The standard InChI is InChI=1S/C14H27N7/c1-5-21(6-2)13-18-11(17-12(19-13)20-15)16-10-7-8-14(3,4)9-10/h10H,5-9,15H2,1-4H3,(H2,16,17,18,19,20). The zero-order valence-corrected chi connectivity index (χ0v) is 13.5. The Morgan fingerprint density at radius 2 is 1.86 bits per heavy atom. The Bertz CT molecular complexity index is 470. The summed E-state index contributed by atoms with van der Waals surface area (Å²) in [5.74, 6) is 7.12. The van der Waals surface area contributed by atoms with E-state index in [1.165, 1.54) is 6.42 Å². The van der Waals surface area contributed by atoms with Crippen LogP contribution in [0.1, 0.15) is 47.0 Å². The highest BCUT2D eigenvalue weighted by molar-refractivity contribution is 5.43. The smallest absolute Gasteiger partial charge is 0.243 e. The van der Waals surface area contributed by atoms with Gasteiger partial charge in [-0.05, 0) is 38.5 Å². The average molecular weight is 293 g/mol. The lowest BCUT2D eigenvalue weighted by atomic mass is 9.92. The van der Waals surface area contributed by atoms with E-state index in [4.69, 9.17) is 5.84 Å². The van der Waals surface area contributed by atoms with Crippen molar-refractivity contribution in [3.05, 3.63) is 0 Å². The van der Waals surface area contributed by atoms with Crippen LogP contribution in [0.5, 0.6) is 0 Å². The predicted octanol–water partition coefficient (Wildman–Crippen LogP) is 1.99. The Balaban J connectivity index is 2.17. The van der Waals surface area contributed by atoms with E-state index in [1.807, 2.05) is 0 Å². The molecule has 0 aliphatic heterocycles. The first kappa shape index (κ1) is 15.8. The van der Waals surface area contributed by atoms with Crippen LogP contribution < -0.4 is 21.5 Å². The van der Waals surface area contributed by atoms with Crippen molar-refractivity contribution in [1.82, 2.24) is 15.0 Å². The van der Waals surface area contributed by atoms with Crippen LogP contribution in [0.15, 0.2) is 0 Å². The van der Waals surface area contributed by atoms with Crippen LogP contribution in [-0.2, 0) is 0 Å². The molecule has 7 heteroatoms. The Kier molecular flexibility index (Phi) is 4.82. The van der Waals surface area contributed by atoms with Crippen molar-refractivity contribution >= 4 is 17.8 Å². The van der Waals surface area contributed by atoms with E-state index in [1.54, 1.807) is 0 Å². The SMILES string of the molecule is CCN(CC)c1nc(NN)nc(NC2CCC(C)(C)C2)n1. The van der Waals surface area contributed by atoms with Crippen LogP contribution in [0.2, 0.25) is 0 Å². The fourth-order valence-corrected chi connectivity index (χ4v) is 2.88. The van der Waals surface area contributed by atoms with Crippen molar-refractivity contribution in [2.45, 2.75) is 53.0 Å². The van der Waals surface area contributed by atoms with Gasteiger partial charge in [0.25, 0.3) is 0 Å². The van der Waals surface area contributed by atoms with Crippen LogP contribution in [0.4, 0.5) is 17.8 Å². The summed E-state index contributed by atoms with van der Waals surface area (Å²) in [5.41, 5.74) is 2.91. The molecular formula is C14H27N7. The largest absolute Gasteiger partial charge is 0.351 e. The van der Waals surface area contributed by atoms with E-state index >= 15 is 0 Å². The Morgan fingerprint density at radius 1 is 1.19 bits per heavy atom. The third kappa shape index (κ3) is 3.93. The first-order chi connectivity index (χ1) is 9.97. The van der Waals surface area contributed by atoms with Gasteiger partial charge in [0.05, 0.1) is 0 Å². The topological polar surface area (TPSA) is 92.0 Å². The molecule has 0 aromatic carbocycles. The molecule has 1 unspecified atom stereocenters. The van der Waals surface area contributed by atoms with Gasteiger partial charge >= 0.3 is 0 Å². The van der Waals surface area contributed by atoms with Gasteiger partial charge in [0, 0.05) is 19.1 Å². The molecule has 0 spiro atoms. The van der Waals surface area contributed by atoms with Crippen LogP contribution in [-0.4, -0.2) is 34.1 Å². The molecular weight excluding hydrogens is 266 g/mol. The second-order valence-electron chi connectivity index (χ2n) is 6.35. The molecule has 2 rings (SSSR count). The van der Waals surface area contributed by atoms with Gasteiger partial charge < -0.3 is 10.2 Å². The molecule has 4 N–H and O–H groups in total. The molecule has 1 aromatic rings. The summed E-state index contributed by atoms with van der Waals surface area (Å²) >= 11 is 0. The summed E-state index contributed by atoms with van der Waals surface area (Å²) in [6, 6.07) is 0.414. The summed E-state index contributed by atoms with van der Waals surface area (Å²) in [7, 11) is 0. The summed E-state index contributed by atoms with van der Waals surface area (Å²) in [4.78, 5) is 15.3. The molecule has 1 aliphatic carbocycles. The number of nitrogens with zero attached hydrogens (tertiary/aromatic N) is 4. The third-order valence-electron chi connectivity index (χ3n) is 4.10. The monoisotopic (exact) mass is 293 g/mol. The Hall–Kier alpha value is -1.63. The van der Waals surface area contributed by atoms with Gasteiger partial charge in [0.15, 0.2) is 0 Å². The number of hydrogen-bond acceptors (Lipinski definition) is 7. The lowest BCUT2D eigenvalue weighted by molar-refractivity contribution is 0.378. The van der Waals surface area contributed by atoms with Gasteiger partial charge in [0.2, 0.25) is 17.8 Å². The van der Waals surface area contributed by atoms with Gasteiger partial charge in [-0.1, -0.05) is 13.8 Å². The third-order valence-corrected chi connectivity index (χ3v) is 4.10. The number of hydrazine groups is 1. The zero-order chi connectivity index (χ0) is 15.5. The van der Waals surface area contributed by atoms with Gasteiger partial charge in [0.1, 0.15) is 0 Å².